The van der Waals surface area contributed by atoms with Crippen LogP contribution in [0.1, 0.15) is 28.0 Å². The van der Waals surface area contributed by atoms with Crippen molar-refractivity contribution in [3.8, 4) is 11.3 Å². The van der Waals surface area contributed by atoms with E-state index < -0.39 is 0 Å². The number of carbonyl (C=O) groups is 1. The molecule has 1 amide bonds. The van der Waals surface area contributed by atoms with Gasteiger partial charge in [0.25, 0.3) is 5.91 Å². The Morgan fingerprint density at radius 2 is 1.91 bits per heavy atom. The highest BCUT2D eigenvalue weighted by Gasteiger charge is 2.25. The summed E-state index contributed by atoms with van der Waals surface area (Å²) in [6.07, 6.45) is 0.836. The summed E-state index contributed by atoms with van der Waals surface area (Å²) in [6.45, 7) is 9.00. The number of benzene rings is 2. The number of thiazole rings is 1. The summed E-state index contributed by atoms with van der Waals surface area (Å²) in [5.74, 6) is 0.384. The zero-order valence-corrected chi connectivity index (χ0v) is 20.3. The number of fused-ring (bicyclic) bond motifs is 1. The molecule has 1 saturated heterocycles. The molecule has 2 aromatic heterocycles. The van der Waals surface area contributed by atoms with Crippen molar-refractivity contribution in [2.75, 3.05) is 44.3 Å². The van der Waals surface area contributed by atoms with Crippen LogP contribution in [0, 0.1) is 13.8 Å². The highest BCUT2D eigenvalue weighted by Crippen LogP contribution is 2.33. The van der Waals surface area contributed by atoms with Gasteiger partial charge in [0.05, 0.1) is 23.4 Å². The lowest BCUT2D eigenvalue weighted by Crippen LogP contribution is -2.39. The van der Waals surface area contributed by atoms with Crippen molar-refractivity contribution in [1.29, 1.82) is 0 Å². The standard InChI is InChI=1S/C26H28N4O3S/c1-18-15-19(2)24-21(16-18)27-26(34-24)30(10-6-9-29-11-13-32-14-12-29)25(31)22-17-23(33-28-22)20-7-4-3-5-8-20/h3-5,7-8,15-17H,6,9-14H2,1-2H3. The Labute approximate surface area is 202 Å². The van der Waals surface area contributed by atoms with Gasteiger partial charge in [0.1, 0.15) is 0 Å². The molecule has 0 aliphatic carbocycles. The van der Waals surface area contributed by atoms with Crippen LogP contribution >= 0.6 is 11.3 Å². The zero-order valence-electron chi connectivity index (χ0n) is 19.5. The van der Waals surface area contributed by atoms with Crippen LogP contribution < -0.4 is 4.90 Å². The summed E-state index contributed by atoms with van der Waals surface area (Å²) >= 11 is 1.55. The Morgan fingerprint density at radius 1 is 1.12 bits per heavy atom. The molecule has 1 aliphatic rings. The molecular formula is C26H28N4O3S. The number of aromatic nitrogens is 2. The van der Waals surface area contributed by atoms with Crippen LogP contribution in [0.5, 0.6) is 0 Å². The number of ether oxygens (including phenoxy) is 1. The molecule has 1 aliphatic heterocycles. The molecule has 3 heterocycles. The Balaban J connectivity index is 1.42. The summed E-state index contributed by atoms with van der Waals surface area (Å²) in [4.78, 5) is 22.6. The SMILES string of the molecule is Cc1cc(C)c2sc(N(CCCN3CCOCC3)C(=O)c3cc(-c4ccccc4)on3)nc2c1. The third-order valence-electron chi connectivity index (χ3n) is 6.03. The van der Waals surface area contributed by atoms with Gasteiger partial charge in [-0.05, 0) is 37.5 Å². The van der Waals surface area contributed by atoms with Crippen LogP contribution in [0.15, 0.2) is 53.1 Å². The van der Waals surface area contributed by atoms with E-state index in [9.17, 15) is 4.79 Å². The topological polar surface area (TPSA) is 71.7 Å². The van der Waals surface area contributed by atoms with Gasteiger partial charge in [0.15, 0.2) is 16.6 Å². The van der Waals surface area contributed by atoms with E-state index in [1.807, 2.05) is 30.3 Å². The molecule has 176 valence electrons. The van der Waals surface area contributed by atoms with Gasteiger partial charge in [-0.3, -0.25) is 14.6 Å². The summed E-state index contributed by atoms with van der Waals surface area (Å²) in [7, 11) is 0. The second-order valence-electron chi connectivity index (χ2n) is 8.63. The quantitative estimate of drug-likeness (QED) is 0.376. The van der Waals surface area contributed by atoms with E-state index in [2.05, 4.69) is 36.0 Å². The Bertz CT molecular complexity index is 1280. The van der Waals surface area contributed by atoms with Crippen LogP contribution in [0.25, 0.3) is 21.5 Å². The van der Waals surface area contributed by atoms with E-state index in [1.54, 1.807) is 22.3 Å². The van der Waals surface area contributed by atoms with Crippen molar-refractivity contribution in [2.45, 2.75) is 20.3 Å². The number of rotatable bonds is 7. The maximum Gasteiger partial charge on any atom is 0.282 e. The first-order valence-electron chi connectivity index (χ1n) is 11.6. The maximum atomic E-state index is 13.6. The summed E-state index contributed by atoms with van der Waals surface area (Å²) in [5, 5.41) is 4.80. The molecule has 2 aromatic carbocycles. The van der Waals surface area contributed by atoms with Crippen molar-refractivity contribution < 1.29 is 14.1 Å². The van der Waals surface area contributed by atoms with Crippen LogP contribution in [-0.2, 0) is 4.74 Å². The molecule has 0 spiro atoms. The molecule has 5 rings (SSSR count). The molecular weight excluding hydrogens is 448 g/mol. The molecule has 0 atom stereocenters. The second kappa shape index (κ2) is 10.0. The number of aryl methyl sites for hydroxylation is 2. The van der Waals surface area contributed by atoms with E-state index in [0.717, 1.165) is 60.6 Å². The molecule has 34 heavy (non-hydrogen) atoms. The van der Waals surface area contributed by atoms with Gasteiger partial charge in [-0.15, -0.1) is 0 Å². The zero-order chi connectivity index (χ0) is 23.5. The predicted octanol–water partition coefficient (Wildman–Crippen LogP) is 4.94. The fourth-order valence-corrected chi connectivity index (χ4v) is 5.33. The normalized spacial score (nSPS) is 14.5. The van der Waals surface area contributed by atoms with Gasteiger partial charge >= 0.3 is 0 Å². The molecule has 0 N–H and O–H groups in total. The van der Waals surface area contributed by atoms with Crippen molar-refractivity contribution in [3.63, 3.8) is 0 Å². The molecule has 7 nitrogen and oxygen atoms in total. The lowest BCUT2D eigenvalue weighted by atomic mass is 10.1. The van der Waals surface area contributed by atoms with E-state index in [4.69, 9.17) is 14.2 Å². The van der Waals surface area contributed by atoms with Gasteiger partial charge in [0, 0.05) is 37.8 Å². The Kier molecular flexibility index (Phi) is 6.71. The third-order valence-corrected chi connectivity index (χ3v) is 7.26. The summed E-state index contributed by atoms with van der Waals surface area (Å²) in [6, 6.07) is 15.6. The minimum atomic E-state index is -0.193. The molecule has 4 aromatic rings. The van der Waals surface area contributed by atoms with Crippen LogP contribution in [-0.4, -0.2) is 60.3 Å². The molecule has 8 heteroatoms. The van der Waals surface area contributed by atoms with Gasteiger partial charge in [-0.25, -0.2) is 4.98 Å². The number of carbonyl (C=O) groups excluding carboxylic acids is 1. The highest BCUT2D eigenvalue weighted by molar-refractivity contribution is 7.22. The molecule has 0 unspecified atom stereocenters. The predicted molar refractivity (Wildman–Crippen MR) is 135 cm³/mol. The largest absolute Gasteiger partial charge is 0.379 e. The van der Waals surface area contributed by atoms with E-state index in [0.29, 0.717) is 17.4 Å². The lowest BCUT2D eigenvalue weighted by Gasteiger charge is -2.27. The minimum Gasteiger partial charge on any atom is -0.379 e. The first-order chi connectivity index (χ1) is 16.6. The number of amides is 1. The number of morpholine rings is 1. The van der Waals surface area contributed by atoms with Gasteiger partial charge in [-0.2, -0.15) is 0 Å². The number of hydrogen-bond donors (Lipinski definition) is 0. The first-order valence-corrected chi connectivity index (χ1v) is 12.4. The van der Waals surface area contributed by atoms with E-state index in [1.165, 1.54) is 5.56 Å². The Hall–Kier alpha value is -3.07. The van der Waals surface area contributed by atoms with Crippen LogP contribution in [0.2, 0.25) is 0 Å². The van der Waals surface area contributed by atoms with Crippen LogP contribution in [0.3, 0.4) is 0 Å². The van der Waals surface area contributed by atoms with Crippen molar-refractivity contribution in [1.82, 2.24) is 15.0 Å². The highest BCUT2D eigenvalue weighted by atomic mass is 32.1. The fourth-order valence-electron chi connectivity index (χ4n) is 4.29. The van der Waals surface area contributed by atoms with E-state index >= 15 is 0 Å². The average molecular weight is 477 g/mol. The monoisotopic (exact) mass is 476 g/mol. The third kappa shape index (κ3) is 4.89. The van der Waals surface area contributed by atoms with Crippen LogP contribution in [0.4, 0.5) is 5.13 Å². The van der Waals surface area contributed by atoms with Crippen molar-refractivity contribution in [3.05, 3.63) is 65.4 Å². The average Bonchev–Trinajstić information content (AvgIpc) is 3.51. The van der Waals surface area contributed by atoms with Crippen molar-refractivity contribution in [2.24, 2.45) is 0 Å². The van der Waals surface area contributed by atoms with Gasteiger partial charge in [0.2, 0.25) is 0 Å². The smallest absolute Gasteiger partial charge is 0.282 e. The number of nitrogens with zero attached hydrogens (tertiary/aromatic N) is 4. The first kappa shape index (κ1) is 22.7. The molecule has 0 saturated carbocycles. The summed E-state index contributed by atoms with van der Waals surface area (Å²) in [5.41, 5.74) is 4.44. The number of anilines is 1. The maximum absolute atomic E-state index is 13.6. The lowest BCUT2D eigenvalue weighted by molar-refractivity contribution is 0.0376. The molecule has 0 bridgehead atoms. The molecule has 1 fully saturated rings. The fraction of sp³-hybridized carbons (Fsp3) is 0.346. The van der Waals surface area contributed by atoms with Gasteiger partial charge in [-0.1, -0.05) is 52.9 Å². The molecule has 0 radical (unpaired) electrons. The minimum absolute atomic E-state index is 0.193. The number of hydrogen-bond acceptors (Lipinski definition) is 7. The van der Waals surface area contributed by atoms with Crippen molar-refractivity contribution >= 4 is 32.6 Å². The summed E-state index contributed by atoms with van der Waals surface area (Å²) < 4.78 is 12.1. The van der Waals surface area contributed by atoms with E-state index in [-0.39, 0.29) is 11.6 Å². The second-order valence-corrected chi connectivity index (χ2v) is 9.61. The Morgan fingerprint density at radius 3 is 2.71 bits per heavy atom. The van der Waals surface area contributed by atoms with Gasteiger partial charge < -0.3 is 9.26 Å².